The topological polar surface area (TPSA) is 106 Å². The van der Waals surface area contributed by atoms with Gasteiger partial charge in [-0.1, -0.05) is 0 Å². The van der Waals surface area contributed by atoms with Crippen LogP contribution in [0.2, 0.25) is 0 Å². The number of anilines is 2. The van der Waals surface area contributed by atoms with Crippen molar-refractivity contribution in [3.63, 3.8) is 0 Å². The minimum Gasteiger partial charge on any atom is -0.389 e. The molecule has 2 amide bonds. The molecule has 1 aliphatic heterocycles. The van der Waals surface area contributed by atoms with Crippen LogP contribution in [0.4, 0.5) is 24.5 Å². The molecule has 1 aromatic rings. The number of hydrogen-bond acceptors (Lipinski definition) is 7. The van der Waals surface area contributed by atoms with Gasteiger partial charge < -0.3 is 15.3 Å². The summed E-state index contributed by atoms with van der Waals surface area (Å²) in [5.41, 5.74) is 0.277. The number of carbonyl (C=O) groups is 2. The van der Waals surface area contributed by atoms with E-state index < -0.39 is 37.3 Å². The van der Waals surface area contributed by atoms with Gasteiger partial charge >= 0.3 is 6.43 Å². The molecule has 1 aliphatic rings. The van der Waals surface area contributed by atoms with Crippen molar-refractivity contribution in [3.8, 4) is 0 Å². The maximum atomic E-state index is 14.5. The van der Waals surface area contributed by atoms with E-state index in [1.807, 2.05) is 5.32 Å². The number of alkyl halides is 2. The number of carbonyl (C=O) groups excluding carboxylic acids is 2. The summed E-state index contributed by atoms with van der Waals surface area (Å²) in [6, 6.07) is 3.88. The van der Waals surface area contributed by atoms with E-state index in [0.29, 0.717) is 24.6 Å². The zero-order valence-electron chi connectivity index (χ0n) is 14.8. The first-order chi connectivity index (χ1) is 13.3. The first-order valence-corrected chi connectivity index (χ1v) is 8.41. The van der Waals surface area contributed by atoms with Crippen molar-refractivity contribution < 1.29 is 39.3 Å². The van der Waals surface area contributed by atoms with Crippen LogP contribution in [0.5, 0.6) is 0 Å². The minimum atomic E-state index is -3.21. The van der Waals surface area contributed by atoms with Crippen LogP contribution < -0.4 is 15.3 Å². The Morgan fingerprint density at radius 2 is 2.14 bits per heavy atom. The number of aliphatic hydroxyl groups excluding tert-OH is 1. The Labute approximate surface area is 160 Å². The molecule has 28 heavy (non-hydrogen) atoms. The molecule has 12 heteroatoms. The highest BCUT2D eigenvalue weighted by atomic mass is 19.3. The lowest BCUT2D eigenvalue weighted by Crippen LogP contribution is -2.41. The van der Waals surface area contributed by atoms with Crippen molar-refractivity contribution in [3.05, 3.63) is 24.0 Å². The number of halogens is 3. The van der Waals surface area contributed by atoms with Gasteiger partial charge in [0.25, 0.3) is 5.91 Å². The summed E-state index contributed by atoms with van der Waals surface area (Å²) in [5, 5.41) is 23.2. The second-order valence-electron chi connectivity index (χ2n) is 5.98. The van der Waals surface area contributed by atoms with Crippen molar-refractivity contribution in [1.29, 1.82) is 0 Å². The fourth-order valence-corrected chi connectivity index (χ4v) is 2.57. The molecule has 0 aliphatic carbocycles. The van der Waals surface area contributed by atoms with Gasteiger partial charge in [0.2, 0.25) is 6.41 Å². The number of benzene rings is 1. The Balaban J connectivity index is 0.00000420. The third kappa shape index (κ3) is 5.97. The van der Waals surface area contributed by atoms with E-state index >= 15 is 0 Å². The molecule has 0 radical (unpaired) electrons. The normalized spacial score (nSPS) is 15.9. The predicted octanol–water partition coefficient (Wildman–Crippen LogP) is 0.219. The average Bonchev–Trinajstić information content (AvgIpc) is 2.91. The highest BCUT2D eigenvalue weighted by Crippen LogP contribution is 2.25. The molecule has 1 atom stereocenters. The van der Waals surface area contributed by atoms with Crippen LogP contribution in [0.25, 0.3) is 0 Å². The Morgan fingerprint density at radius 3 is 2.79 bits per heavy atom. The Kier molecular flexibility index (Phi) is 7.84. The lowest BCUT2D eigenvalue weighted by atomic mass is 10.2. The fourth-order valence-electron chi connectivity index (χ4n) is 2.57. The maximum Gasteiger partial charge on any atom is 0.315 e. The monoisotopic (exact) mass is 408 g/mol. The van der Waals surface area contributed by atoms with Gasteiger partial charge in [-0.25, -0.2) is 9.45 Å². The third-order valence-corrected chi connectivity index (χ3v) is 3.99. The quantitative estimate of drug-likeness (QED) is 0.417. The molecule has 1 fully saturated rings. The van der Waals surface area contributed by atoms with E-state index in [-0.39, 0.29) is 26.0 Å². The molecule has 0 aromatic heterocycles. The van der Waals surface area contributed by atoms with Gasteiger partial charge in [-0.2, -0.15) is 8.78 Å². The number of aliphatic hydroxyl groups is 1. The van der Waals surface area contributed by atoms with Crippen LogP contribution >= 0.6 is 0 Å². The maximum absolute atomic E-state index is 14.5. The van der Waals surface area contributed by atoms with E-state index in [4.69, 9.17) is 4.84 Å². The van der Waals surface area contributed by atoms with Crippen molar-refractivity contribution in [1.82, 2.24) is 10.4 Å². The van der Waals surface area contributed by atoms with E-state index in [1.165, 1.54) is 12.1 Å². The predicted molar refractivity (Wildman–Crippen MR) is 93.6 cm³/mol. The Morgan fingerprint density at radius 1 is 1.39 bits per heavy atom. The largest absolute Gasteiger partial charge is 0.389 e. The molecular weight excluding hydrogens is 385 g/mol. The van der Waals surface area contributed by atoms with E-state index in [1.54, 1.807) is 4.90 Å². The molecule has 158 valence electrons. The first-order valence-electron chi connectivity index (χ1n) is 8.41. The van der Waals surface area contributed by atoms with Crippen molar-refractivity contribution >= 4 is 23.7 Å². The molecule has 1 saturated heterocycles. The van der Waals surface area contributed by atoms with Gasteiger partial charge in [-0.15, -0.1) is 0 Å². The highest BCUT2D eigenvalue weighted by molar-refractivity contribution is 5.79. The summed E-state index contributed by atoms with van der Waals surface area (Å²) in [5.74, 6) is -2.18. The minimum absolute atomic E-state index is 0. The summed E-state index contributed by atoms with van der Waals surface area (Å²) < 4.78 is 38.6. The number of hydroxylamine groups is 3. The lowest BCUT2D eigenvalue weighted by Gasteiger charge is -2.25. The van der Waals surface area contributed by atoms with Crippen molar-refractivity contribution in [2.75, 3.05) is 49.3 Å². The number of hydrogen-bond donors (Lipinski definition) is 3. The molecule has 0 saturated carbocycles. The SMILES string of the molecule is O=CN1CCN(c2ccc(N(O)C[C@@H](O)CNC(=O)C(F)F)cc2F)CCO1.[HH]. The molecule has 0 spiro atoms. The molecule has 9 nitrogen and oxygen atoms in total. The second kappa shape index (κ2) is 10.1. The molecule has 2 rings (SSSR count). The Hall–Kier alpha value is -2.57. The summed E-state index contributed by atoms with van der Waals surface area (Å²) in [6.07, 6.45) is -4.02. The van der Waals surface area contributed by atoms with Crippen LogP contribution in [-0.4, -0.2) is 79.6 Å². The lowest BCUT2D eigenvalue weighted by molar-refractivity contribution is -0.166. The summed E-state index contributed by atoms with van der Waals surface area (Å²) in [4.78, 5) is 28.3. The van der Waals surface area contributed by atoms with E-state index in [2.05, 4.69) is 0 Å². The molecule has 0 unspecified atom stereocenters. The fraction of sp³-hybridized carbons (Fsp3) is 0.500. The standard InChI is InChI=1S/C16H21F3N4O5.H2/c17-13-7-11(23(27)9-12(25)8-20-16(26)15(18)19)1-2-14(13)21-3-4-22(10-24)28-6-5-21;/h1-2,7,10,12,15,25,27H,3-6,8-9H2,(H,20,26);1H/t12-;/m0./s1. The third-order valence-electron chi connectivity index (χ3n) is 3.99. The van der Waals surface area contributed by atoms with Crippen molar-refractivity contribution in [2.24, 2.45) is 0 Å². The van der Waals surface area contributed by atoms with Gasteiger partial charge in [0, 0.05) is 27.1 Å². The molecular formula is C16H23F3N4O5. The number of nitrogens with zero attached hydrogens (tertiary/aromatic N) is 3. The second-order valence-corrected chi connectivity index (χ2v) is 5.98. The van der Waals surface area contributed by atoms with Crippen LogP contribution in [0.3, 0.4) is 0 Å². The summed E-state index contributed by atoms with van der Waals surface area (Å²) in [6.45, 7) is 0.221. The van der Waals surface area contributed by atoms with Crippen LogP contribution in [0, 0.1) is 5.82 Å². The van der Waals surface area contributed by atoms with Crippen LogP contribution in [-0.2, 0) is 14.4 Å². The van der Waals surface area contributed by atoms with Crippen LogP contribution in [0.15, 0.2) is 18.2 Å². The molecule has 1 aromatic carbocycles. The van der Waals surface area contributed by atoms with E-state index in [9.17, 15) is 33.1 Å². The summed E-state index contributed by atoms with van der Waals surface area (Å²) >= 11 is 0. The molecule has 1 heterocycles. The number of nitrogens with one attached hydrogen (secondary N) is 1. The Bertz CT molecular complexity index is 688. The van der Waals surface area contributed by atoms with Gasteiger partial charge in [-0.05, 0) is 12.1 Å². The molecule has 0 bridgehead atoms. The zero-order chi connectivity index (χ0) is 20.7. The molecule has 3 N–H and O–H groups in total. The number of rotatable bonds is 8. The zero-order valence-corrected chi connectivity index (χ0v) is 14.8. The van der Waals surface area contributed by atoms with Crippen molar-refractivity contribution in [2.45, 2.75) is 12.5 Å². The highest BCUT2D eigenvalue weighted by Gasteiger charge is 2.20. The van der Waals surface area contributed by atoms with Crippen LogP contribution in [0.1, 0.15) is 1.43 Å². The summed E-state index contributed by atoms with van der Waals surface area (Å²) in [7, 11) is 0. The van der Waals surface area contributed by atoms with Gasteiger partial charge in [0.15, 0.2) is 0 Å². The smallest absolute Gasteiger partial charge is 0.315 e. The average molecular weight is 408 g/mol. The number of amides is 2. The van der Waals surface area contributed by atoms with Gasteiger partial charge in [0.1, 0.15) is 5.82 Å². The first kappa shape index (κ1) is 21.7. The van der Waals surface area contributed by atoms with E-state index in [0.717, 1.165) is 11.1 Å². The van der Waals surface area contributed by atoms with Gasteiger partial charge in [0.05, 0.1) is 37.2 Å². The van der Waals surface area contributed by atoms with Gasteiger partial charge in [-0.3, -0.25) is 24.7 Å².